The van der Waals surface area contributed by atoms with E-state index in [0.717, 1.165) is 18.2 Å². The Morgan fingerprint density at radius 2 is 2.11 bits per heavy atom. The number of rotatable bonds is 3. The Morgan fingerprint density at radius 3 is 2.83 bits per heavy atom. The molecule has 0 unspecified atom stereocenters. The molecule has 0 aliphatic carbocycles. The molecule has 0 saturated heterocycles. The third kappa shape index (κ3) is 2.40. The maximum Gasteiger partial charge on any atom is 0.328 e. The number of benzene rings is 1. The van der Waals surface area contributed by atoms with Crippen molar-refractivity contribution in [2.45, 2.75) is 0 Å². The summed E-state index contributed by atoms with van der Waals surface area (Å²) in [6.45, 7) is 0. The van der Waals surface area contributed by atoms with Crippen molar-refractivity contribution in [3.63, 3.8) is 0 Å². The molecule has 0 bridgehead atoms. The van der Waals surface area contributed by atoms with E-state index in [0.29, 0.717) is 0 Å². The first-order valence-electron chi connectivity index (χ1n) is 4.77. The summed E-state index contributed by atoms with van der Waals surface area (Å²) < 4.78 is 31.3. The number of carboxylic acids is 1. The van der Waals surface area contributed by atoms with Gasteiger partial charge in [-0.1, -0.05) is 6.07 Å². The molecule has 0 aliphatic rings. The molecule has 0 atom stereocenters. The van der Waals surface area contributed by atoms with Crippen LogP contribution in [0, 0.1) is 11.6 Å². The molecular formula is C11H6F2N2O3. The third-order valence-corrected chi connectivity index (χ3v) is 1.99. The lowest BCUT2D eigenvalue weighted by molar-refractivity contribution is -0.131. The average molecular weight is 252 g/mol. The van der Waals surface area contributed by atoms with Gasteiger partial charge in [-0.15, -0.1) is 10.2 Å². The second-order valence-electron chi connectivity index (χ2n) is 3.22. The van der Waals surface area contributed by atoms with Gasteiger partial charge in [-0.05, 0) is 12.1 Å². The average Bonchev–Trinajstić information content (AvgIpc) is 2.78. The Balaban J connectivity index is 2.35. The van der Waals surface area contributed by atoms with Crippen molar-refractivity contribution in [2.75, 3.05) is 0 Å². The smallest absolute Gasteiger partial charge is 0.328 e. The quantitative estimate of drug-likeness (QED) is 0.846. The largest absolute Gasteiger partial charge is 0.478 e. The first kappa shape index (κ1) is 11.9. The van der Waals surface area contributed by atoms with Gasteiger partial charge in [-0.2, -0.15) is 0 Å². The Labute approximate surface area is 99.4 Å². The molecule has 0 saturated carbocycles. The zero-order chi connectivity index (χ0) is 13.1. The highest BCUT2D eigenvalue weighted by Crippen LogP contribution is 2.23. The summed E-state index contributed by atoms with van der Waals surface area (Å²) in [5.41, 5.74) is -0.183. The highest BCUT2D eigenvalue weighted by molar-refractivity contribution is 5.84. The van der Waals surface area contributed by atoms with Gasteiger partial charge in [0, 0.05) is 12.2 Å². The van der Waals surface area contributed by atoms with Crippen LogP contribution < -0.4 is 0 Å². The maximum atomic E-state index is 13.4. The minimum Gasteiger partial charge on any atom is -0.478 e. The molecule has 0 radical (unpaired) electrons. The lowest BCUT2D eigenvalue weighted by atomic mass is 10.2. The zero-order valence-electron chi connectivity index (χ0n) is 8.80. The second kappa shape index (κ2) is 4.74. The van der Waals surface area contributed by atoms with Gasteiger partial charge in [-0.3, -0.25) is 0 Å². The summed E-state index contributed by atoms with van der Waals surface area (Å²) >= 11 is 0. The van der Waals surface area contributed by atoms with Crippen molar-refractivity contribution in [1.29, 1.82) is 0 Å². The SMILES string of the molecule is O=C(O)/C=C/c1nnc(-c2cccc(F)c2F)o1. The first-order valence-corrected chi connectivity index (χ1v) is 4.77. The molecule has 1 aromatic heterocycles. The van der Waals surface area contributed by atoms with E-state index in [9.17, 15) is 13.6 Å². The predicted octanol–water partition coefficient (Wildman–Crippen LogP) is 2.11. The second-order valence-corrected chi connectivity index (χ2v) is 3.22. The van der Waals surface area contributed by atoms with E-state index in [1.54, 1.807) is 0 Å². The van der Waals surface area contributed by atoms with Crippen molar-refractivity contribution in [3.05, 3.63) is 41.8 Å². The molecule has 2 rings (SSSR count). The van der Waals surface area contributed by atoms with Crippen molar-refractivity contribution < 1.29 is 23.1 Å². The molecule has 5 nitrogen and oxygen atoms in total. The van der Waals surface area contributed by atoms with Gasteiger partial charge in [0.25, 0.3) is 5.89 Å². The van der Waals surface area contributed by atoms with Gasteiger partial charge in [0.15, 0.2) is 11.6 Å². The van der Waals surface area contributed by atoms with Gasteiger partial charge in [0.1, 0.15) is 0 Å². The van der Waals surface area contributed by atoms with E-state index in [4.69, 9.17) is 9.52 Å². The summed E-state index contributed by atoms with van der Waals surface area (Å²) in [6.07, 6.45) is 1.84. The number of carboxylic acid groups (broad SMARTS) is 1. The van der Waals surface area contributed by atoms with Gasteiger partial charge in [-0.25, -0.2) is 13.6 Å². The lowest BCUT2D eigenvalue weighted by Gasteiger charge is -1.97. The predicted molar refractivity (Wildman–Crippen MR) is 56.3 cm³/mol. The number of aliphatic carboxylic acids is 1. The Morgan fingerprint density at radius 1 is 1.33 bits per heavy atom. The first-order chi connectivity index (χ1) is 8.58. The molecule has 1 N–H and O–H groups in total. The molecule has 7 heteroatoms. The van der Waals surface area contributed by atoms with E-state index < -0.39 is 17.6 Å². The van der Waals surface area contributed by atoms with E-state index in [2.05, 4.69) is 10.2 Å². The van der Waals surface area contributed by atoms with Crippen LogP contribution in [0.25, 0.3) is 17.5 Å². The number of carbonyl (C=O) groups is 1. The van der Waals surface area contributed by atoms with Crippen LogP contribution in [0.3, 0.4) is 0 Å². The van der Waals surface area contributed by atoms with Crippen molar-refractivity contribution in [3.8, 4) is 11.5 Å². The highest BCUT2D eigenvalue weighted by atomic mass is 19.2. The van der Waals surface area contributed by atoms with Gasteiger partial charge in [0.05, 0.1) is 5.56 Å². The summed E-state index contributed by atoms with van der Waals surface area (Å²) in [6, 6.07) is 3.53. The van der Waals surface area contributed by atoms with Crippen LogP contribution in [0.4, 0.5) is 8.78 Å². The van der Waals surface area contributed by atoms with E-state index in [1.165, 1.54) is 12.1 Å². The van der Waals surface area contributed by atoms with Crippen LogP contribution in [0.1, 0.15) is 5.89 Å². The standard InChI is InChI=1S/C11H6F2N2O3/c12-7-3-1-2-6(10(7)13)11-15-14-8(18-11)4-5-9(16)17/h1-5H,(H,16,17)/b5-4+. The zero-order valence-corrected chi connectivity index (χ0v) is 8.80. The van der Waals surface area contributed by atoms with Crippen molar-refractivity contribution >= 4 is 12.0 Å². The molecule has 92 valence electrons. The summed E-state index contributed by atoms with van der Waals surface area (Å²) in [7, 11) is 0. The Hall–Kier alpha value is -2.57. The lowest BCUT2D eigenvalue weighted by Crippen LogP contribution is -1.88. The van der Waals surface area contributed by atoms with E-state index in [1.807, 2.05) is 0 Å². The van der Waals surface area contributed by atoms with Crippen LogP contribution >= 0.6 is 0 Å². The van der Waals surface area contributed by atoms with E-state index in [-0.39, 0.29) is 17.3 Å². The van der Waals surface area contributed by atoms with Crippen LogP contribution in [0.15, 0.2) is 28.7 Å². The molecule has 18 heavy (non-hydrogen) atoms. The number of halogens is 2. The normalized spacial score (nSPS) is 11.0. The number of aromatic nitrogens is 2. The monoisotopic (exact) mass is 252 g/mol. The van der Waals surface area contributed by atoms with Crippen LogP contribution in [-0.4, -0.2) is 21.3 Å². The highest BCUT2D eigenvalue weighted by Gasteiger charge is 2.14. The maximum absolute atomic E-state index is 13.4. The Kier molecular flexibility index (Phi) is 3.13. The number of hydrogen-bond acceptors (Lipinski definition) is 4. The van der Waals surface area contributed by atoms with Gasteiger partial charge >= 0.3 is 5.97 Å². The fourth-order valence-corrected chi connectivity index (χ4v) is 1.22. The fourth-order valence-electron chi connectivity index (χ4n) is 1.22. The minimum atomic E-state index is -1.19. The number of hydrogen-bond donors (Lipinski definition) is 1. The van der Waals surface area contributed by atoms with Crippen molar-refractivity contribution in [1.82, 2.24) is 10.2 Å². The minimum absolute atomic E-state index is 0.115. The van der Waals surface area contributed by atoms with E-state index >= 15 is 0 Å². The molecular weight excluding hydrogens is 246 g/mol. The summed E-state index contributed by atoms with van der Waals surface area (Å²) in [4.78, 5) is 10.3. The molecule has 0 fully saturated rings. The molecule has 0 amide bonds. The molecule has 0 aliphatic heterocycles. The van der Waals surface area contributed by atoms with Crippen LogP contribution in [0.5, 0.6) is 0 Å². The third-order valence-electron chi connectivity index (χ3n) is 1.99. The molecule has 1 aromatic carbocycles. The topological polar surface area (TPSA) is 76.2 Å². The Bertz CT molecular complexity index is 623. The fraction of sp³-hybridized carbons (Fsp3) is 0. The summed E-state index contributed by atoms with van der Waals surface area (Å²) in [5.74, 6) is -3.66. The molecule has 0 spiro atoms. The molecule has 2 aromatic rings. The van der Waals surface area contributed by atoms with Crippen LogP contribution in [0.2, 0.25) is 0 Å². The van der Waals surface area contributed by atoms with Crippen molar-refractivity contribution in [2.24, 2.45) is 0 Å². The van der Waals surface area contributed by atoms with Gasteiger partial charge in [0.2, 0.25) is 5.89 Å². The number of nitrogens with zero attached hydrogens (tertiary/aromatic N) is 2. The molecule has 1 heterocycles. The summed E-state index contributed by atoms with van der Waals surface area (Å²) in [5, 5.41) is 15.4. The van der Waals surface area contributed by atoms with Gasteiger partial charge < -0.3 is 9.52 Å². The van der Waals surface area contributed by atoms with Crippen LogP contribution in [-0.2, 0) is 4.79 Å².